The van der Waals surface area contributed by atoms with Crippen LogP contribution in [0.1, 0.15) is 11.1 Å². The quantitative estimate of drug-likeness (QED) is 0.459. The zero-order chi connectivity index (χ0) is 18.5. The molecule has 0 spiro atoms. The van der Waals surface area contributed by atoms with E-state index in [-0.39, 0.29) is 0 Å². The highest BCUT2D eigenvalue weighted by atomic mass is 35.5. The van der Waals surface area contributed by atoms with Gasteiger partial charge in [-0.05, 0) is 49.2 Å². The van der Waals surface area contributed by atoms with E-state index in [0.29, 0.717) is 16.5 Å². The standard InChI is InChI=1S/C20H15ClN6/c1-12-6-13(2)8-16(7-12)27-19-17(10-23-27)20-25-24-18(26(20)11-22-19)14-4-3-5-15(21)9-14/h3-11H,1-2H3. The highest BCUT2D eigenvalue weighted by Crippen LogP contribution is 2.26. The van der Waals surface area contributed by atoms with Gasteiger partial charge < -0.3 is 0 Å². The first-order valence-corrected chi connectivity index (χ1v) is 8.90. The van der Waals surface area contributed by atoms with Crippen LogP contribution in [0.25, 0.3) is 33.8 Å². The Hall–Kier alpha value is -3.25. The van der Waals surface area contributed by atoms with Gasteiger partial charge in [0.25, 0.3) is 0 Å². The molecule has 0 saturated carbocycles. The maximum atomic E-state index is 6.12. The van der Waals surface area contributed by atoms with Crippen molar-refractivity contribution in [2.75, 3.05) is 0 Å². The molecule has 0 bridgehead atoms. The molecular weight excluding hydrogens is 360 g/mol. The van der Waals surface area contributed by atoms with E-state index >= 15 is 0 Å². The summed E-state index contributed by atoms with van der Waals surface area (Å²) in [5, 5.41) is 14.8. The summed E-state index contributed by atoms with van der Waals surface area (Å²) in [6.45, 7) is 4.15. The molecule has 27 heavy (non-hydrogen) atoms. The van der Waals surface area contributed by atoms with E-state index in [1.165, 1.54) is 11.1 Å². The maximum absolute atomic E-state index is 6.12. The summed E-state index contributed by atoms with van der Waals surface area (Å²) in [5.41, 5.74) is 5.69. The number of rotatable bonds is 2. The van der Waals surface area contributed by atoms with E-state index in [1.807, 2.05) is 33.3 Å². The third kappa shape index (κ3) is 2.57. The molecule has 3 heterocycles. The molecule has 132 valence electrons. The van der Waals surface area contributed by atoms with Crippen LogP contribution in [-0.2, 0) is 0 Å². The predicted molar refractivity (Wildman–Crippen MR) is 105 cm³/mol. The smallest absolute Gasteiger partial charge is 0.175 e. The topological polar surface area (TPSA) is 60.9 Å². The minimum Gasteiger partial charge on any atom is -0.265 e. The lowest BCUT2D eigenvalue weighted by molar-refractivity contribution is 0.890. The first-order chi connectivity index (χ1) is 13.1. The predicted octanol–water partition coefficient (Wildman–Crippen LogP) is 4.40. The SMILES string of the molecule is Cc1cc(C)cc(-n2ncc3c2ncn2c(-c4cccc(Cl)c4)nnc32)c1. The Balaban J connectivity index is 1.72. The summed E-state index contributed by atoms with van der Waals surface area (Å²) in [5.74, 6) is 0.695. The minimum absolute atomic E-state index is 0.654. The van der Waals surface area contributed by atoms with Crippen molar-refractivity contribution in [2.24, 2.45) is 0 Å². The fraction of sp³-hybridized carbons (Fsp3) is 0.100. The van der Waals surface area contributed by atoms with Gasteiger partial charge in [-0.3, -0.25) is 4.40 Å². The molecule has 7 heteroatoms. The third-order valence-electron chi connectivity index (χ3n) is 4.51. The Morgan fingerprint density at radius 1 is 0.926 bits per heavy atom. The molecule has 0 aliphatic carbocycles. The fourth-order valence-corrected chi connectivity index (χ4v) is 3.60. The Bertz CT molecular complexity index is 1300. The largest absolute Gasteiger partial charge is 0.265 e. The molecule has 6 nitrogen and oxygen atoms in total. The van der Waals surface area contributed by atoms with Crippen molar-refractivity contribution in [3.05, 3.63) is 71.1 Å². The fourth-order valence-electron chi connectivity index (χ4n) is 3.41. The second-order valence-electron chi connectivity index (χ2n) is 6.61. The van der Waals surface area contributed by atoms with Crippen molar-refractivity contribution >= 4 is 28.3 Å². The molecule has 0 amide bonds. The number of fused-ring (bicyclic) bond motifs is 3. The zero-order valence-electron chi connectivity index (χ0n) is 14.8. The summed E-state index contributed by atoms with van der Waals surface area (Å²) in [4.78, 5) is 4.64. The van der Waals surface area contributed by atoms with Crippen molar-refractivity contribution < 1.29 is 0 Å². The van der Waals surface area contributed by atoms with E-state index in [1.54, 1.807) is 12.5 Å². The molecular formula is C20H15ClN6. The molecule has 0 aliphatic rings. The molecule has 0 aliphatic heterocycles. The normalized spacial score (nSPS) is 11.5. The van der Waals surface area contributed by atoms with Crippen molar-refractivity contribution in [1.29, 1.82) is 0 Å². The van der Waals surface area contributed by atoms with E-state index in [0.717, 1.165) is 22.3 Å². The van der Waals surface area contributed by atoms with Crippen LogP contribution in [0.5, 0.6) is 0 Å². The first kappa shape index (κ1) is 16.0. The molecule has 0 atom stereocenters. The lowest BCUT2D eigenvalue weighted by atomic mass is 10.1. The van der Waals surface area contributed by atoms with Gasteiger partial charge in [0.05, 0.1) is 17.3 Å². The highest BCUT2D eigenvalue weighted by molar-refractivity contribution is 6.30. The lowest BCUT2D eigenvalue weighted by Crippen LogP contribution is -2.00. The van der Waals surface area contributed by atoms with Gasteiger partial charge in [0.15, 0.2) is 17.1 Å². The van der Waals surface area contributed by atoms with Crippen molar-refractivity contribution in [3.8, 4) is 17.1 Å². The van der Waals surface area contributed by atoms with E-state index in [2.05, 4.69) is 52.3 Å². The van der Waals surface area contributed by atoms with Crippen LogP contribution in [0.3, 0.4) is 0 Å². The number of benzene rings is 2. The van der Waals surface area contributed by atoms with Crippen LogP contribution in [0, 0.1) is 13.8 Å². The van der Waals surface area contributed by atoms with Crippen LogP contribution < -0.4 is 0 Å². The summed E-state index contributed by atoms with van der Waals surface area (Å²) >= 11 is 6.12. The summed E-state index contributed by atoms with van der Waals surface area (Å²) in [7, 11) is 0. The van der Waals surface area contributed by atoms with E-state index in [4.69, 9.17) is 11.6 Å². The van der Waals surface area contributed by atoms with Gasteiger partial charge in [-0.2, -0.15) is 5.10 Å². The number of nitrogens with zero attached hydrogens (tertiary/aromatic N) is 6. The van der Waals surface area contributed by atoms with Crippen molar-refractivity contribution in [2.45, 2.75) is 13.8 Å². The Morgan fingerprint density at radius 3 is 2.52 bits per heavy atom. The van der Waals surface area contributed by atoms with E-state index in [9.17, 15) is 0 Å². The Labute approximate surface area is 160 Å². The minimum atomic E-state index is 0.654. The molecule has 0 saturated heterocycles. The van der Waals surface area contributed by atoms with Gasteiger partial charge in [-0.15, -0.1) is 10.2 Å². The molecule has 0 unspecified atom stereocenters. The molecule has 2 aromatic carbocycles. The highest BCUT2D eigenvalue weighted by Gasteiger charge is 2.15. The van der Waals surface area contributed by atoms with Gasteiger partial charge in [-0.25, -0.2) is 9.67 Å². The second-order valence-corrected chi connectivity index (χ2v) is 7.05. The molecule has 0 N–H and O–H groups in total. The van der Waals surface area contributed by atoms with Crippen LogP contribution in [0.15, 0.2) is 55.0 Å². The molecule has 0 radical (unpaired) electrons. The van der Waals surface area contributed by atoms with Crippen LogP contribution >= 0.6 is 11.6 Å². The van der Waals surface area contributed by atoms with Crippen LogP contribution in [0.2, 0.25) is 5.02 Å². The number of hydrogen-bond donors (Lipinski definition) is 0. The number of aromatic nitrogens is 6. The molecule has 5 rings (SSSR count). The molecule has 3 aromatic heterocycles. The maximum Gasteiger partial charge on any atom is 0.175 e. The van der Waals surface area contributed by atoms with Gasteiger partial charge in [0, 0.05) is 10.6 Å². The Kier molecular flexibility index (Phi) is 3.48. The molecule has 5 aromatic rings. The van der Waals surface area contributed by atoms with Gasteiger partial charge in [0.2, 0.25) is 0 Å². The first-order valence-electron chi connectivity index (χ1n) is 8.52. The number of halogens is 1. The summed E-state index contributed by atoms with van der Waals surface area (Å²) in [6, 6.07) is 13.9. The van der Waals surface area contributed by atoms with Gasteiger partial charge in [-0.1, -0.05) is 29.8 Å². The summed E-state index contributed by atoms with van der Waals surface area (Å²) in [6.07, 6.45) is 3.51. The summed E-state index contributed by atoms with van der Waals surface area (Å²) < 4.78 is 3.70. The lowest BCUT2D eigenvalue weighted by Gasteiger charge is -2.06. The van der Waals surface area contributed by atoms with Gasteiger partial charge in [0.1, 0.15) is 6.33 Å². The van der Waals surface area contributed by atoms with E-state index < -0.39 is 0 Å². The van der Waals surface area contributed by atoms with Crippen LogP contribution in [-0.4, -0.2) is 29.4 Å². The van der Waals surface area contributed by atoms with Gasteiger partial charge >= 0.3 is 0 Å². The van der Waals surface area contributed by atoms with Crippen molar-refractivity contribution in [1.82, 2.24) is 29.4 Å². The average Bonchev–Trinajstić information content (AvgIpc) is 3.24. The monoisotopic (exact) mass is 374 g/mol. The Morgan fingerprint density at radius 2 is 1.74 bits per heavy atom. The van der Waals surface area contributed by atoms with Crippen molar-refractivity contribution in [3.63, 3.8) is 0 Å². The number of aryl methyl sites for hydroxylation is 2. The zero-order valence-corrected chi connectivity index (χ0v) is 15.5. The third-order valence-corrected chi connectivity index (χ3v) is 4.74. The second kappa shape index (κ2) is 5.89. The number of hydrogen-bond acceptors (Lipinski definition) is 4. The van der Waals surface area contributed by atoms with Crippen LogP contribution in [0.4, 0.5) is 0 Å². The average molecular weight is 375 g/mol. The molecule has 0 fully saturated rings.